The lowest BCUT2D eigenvalue weighted by Gasteiger charge is -2.27. The summed E-state index contributed by atoms with van der Waals surface area (Å²) in [6.07, 6.45) is 19.2. The summed E-state index contributed by atoms with van der Waals surface area (Å²) >= 11 is 0. The van der Waals surface area contributed by atoms with Crippen molar-refractivity contribution in [2.45, 2.75) is 117 Å². The van der Waals surface area contributed by atoms with Gasteiger partial charge in [-0.3, -0.25) is 9.59 Å². The number of hydrogen-bond donors (Lipinski definition) is 1. The molecule has 0 aliphatic heterocycles. The Morgan fingerprint density at radius 1 is 0.897 bits per heavy atom. The third kappa shape index (κ3) is 11.4. The van der Waals surface area contributed by atoms with E-state index in [2.05, 4.69) is 20.8 Å². The molecule has 0 fully saturated rings. The van der Waals surface area contributed by atoms with Gasteiger partial charge in [-0.1, -0.05) is 90.7 Å². The van der Waals surface area contributed by atoms with Crippen LogP contribution < -0.4 is 0 Å². The smallest absolute Gasteiger partial charge is 0.310 e. The van der Waals surface area contributed by atoms with Crippen LogP contribution in [0.25, 0.3) is 0 Å². The standard InChI is InChI=1S/C25H44O4/c1-4-5-6-7-8-9-10-11-12-13-16-21(19-20(2)3)29-25(28)23-18-15-14-17-22(23)24(26)27/h14-15,20-23H,4-13,16-19H2,1-3H3,(H,26,27). The number of allylic oxidation sites excluding steroid dienone is 2. The van der Waals surface area contributed by atoms with Crippen LogP contribution in [0.2, 0.25) is 0 Å². The Balaban J connectivity index is 2.32. The molecule has 1 aliphatic rings. The largest absolute Gasteiger partial charge is 0.481 e. The number of carbonyl (C=O) groups is 2. The van der Waals surface area contributed by atoms with Crippen molar-refractivity contribution >= 4 is 11.9 Å². The van der Waals surface area contributed by atoms with E-state index in [1.54, 1.807) is 0 Å². The highest BCUT2D eigenvalue weighted by atomic mass is 16.5. The van der Waals surface area contributed by atoms with E-state index < -0.39 is 17.8 Å². The Morgan fingerprint density at radius 2 is 1.41 bits per heavy atom. The van der Waals surface area contributed by atoms with E-state index in [0.717, 1.165) is 19.3 Å². The van der Waals surface area contributed by atoms with Gasteiger partial charge in [-0.15, -0.1) is 0 Å². The zero-order valence-corrected chi connectivity index (χ0v) is 19.0. The van der Waals surface area contributed by atoms with E-state index in [1.165, 1.54) is 57.8 Å². The zero-order valence-electron chi connectivity index (χ0n) is 19.0. The molecule has 0 saturated carbocycles. The van der Waals surface area contributed by atoms with Crippen LogP contribution in [0.5, 0.6) is 0 Å². The van der Waals surface area contributed by atoms with Gasteiger partial charge in [-0.05, 0) is 38.0 Å². The summed E-state index contributed by atoms with van der Waals surface area (Å²) in [6, 6.07) is 0. The second-order valence-corrected chi connectivity index (χ2v) is 9.15. The van der Waals surface area contributed by atoms with Crippen LogP contribution in [0.4, 0.5) is 0 Å². The van der Waals surface area contributed by atoms with Crippen LogP contribution >= 0.6 is 0 Å². The number of esters is 1. The van der Waals surface area contributed by atoms with Crippen LogP contribution in [0.3, 0.4) is 0 Å². The minimum absolute atomic E-state index is 0.0862. The first-order valence-corrected chi connectivity index (χ1v) is 12.0. The first-order valence-electron chi connectivity index (χ1n) is 12.0. The maximum Gasteiger partial charge on any atom is 0.310 e. The normalized spacial score (nSPS) is 20.0. The highest BCUT2D eigenvalue weighted by Crippen LogP contribution is 2.28. The summed E-state index contributed by atoms with van der Waals surface area (Å²) in [4.78, 5) is 24.1. The monoisotopic (exact) mass is 408 g/mol. The van der Waals surface area contributed by atoms with E-state index in [9.17, 15) is 14.7 Å². The summed E-state index contributed by atoms with van der Waals surface area (Å²) in [5.41, 5.74) is 0. The number of carboxylic acid groups (broad SMARTS) is 1. The van der Waals surface area contributed by atoms with Crippen LogP contribution in [0.15, 0.2) is 12.2 Å². The third-order valence-electron chi connectivity index (χ3n) is 5.95. The Labute approximate surface area is 178 Å². The maximum atomic E-state index is 12.7. The molecular weight excluding hydrogens is 364 g/mol. The van der Waals surface area contributed by atoms with Crippen LogP contribution in [-0.4, -0.2) is 23.1 Å². The number of ether oxygens (including phenoxy) is 1. The number of carbonyl (C=O) groups excluding carboxylic acids is 1. The quantitative estimate of drug-likeness (QED) is 0.171. The van der Waals surface area contributed by atoms with E-state index in [0.29, 0.717) is 18.8 Å². The molecule has 0 aromatic heterocycles. The Bertz CT molecular complexity index is 483. The van der Waals surface area contributed by atoms with E-state index in [-0.39, 0.29) is 12.1 Å². The van der Waals surface area contributed by atoms with Crippen LogP contribution in [-0.2, 0) is 14.3 Å². The van der Waals surface area contributed by atoms with Crippen LogP contribution in [0, 0.1) is 17.8 Å². The summed E-state index contributed by atoms with van der Waals surface area (Å²) in [5, 5.41) is 9.40. The second-order valence-electron chi connectivity index (χ2n) is 9.15. The third-order valence-corrected chi connectivity index (χ3v) is 5.95. The number of rotatable bonds is 16. The predicted octanol–water partition coefficient (Wildman–Crippen LogP) is 6.92. The molecule has 0 spiro atoms. The summed E-state index contributed by atoms with van der Waals surface area (Å²) in [6.45, 7) is 6.53. The average Bonchev–Trinajstić information content (AvgIpc) is 2.68. The molecule has 3 atom stereocenters. The fraction of sp³-hybridized carbons (Fsp3) is 0.840. The van der Waals surface area contributed by atoms with Crippen molar-refractivity contribution in [3.05, 3.63) is 12.2 Å². The van der Waals surface area contributed by atoms with Crippen molar-refractivity contribution < 1.29 is 19.4 Å². The molecule has 1 aliphatic carbocycles. The van der Waals surface area contributed by atoms with Crippen molar-refractivity contribution in [1.82, 2.24) is 0 Å². The molecule has 168 valence electrons. The highest BCUT2D eigenvalue weighted by Gasteiger charge is 2.36. The van der Waals surface area contributed by atoms with Gasteiger partial charge in [0.2, 0.25) is 0 Å². The summed E-state index contributed by atoms with van der Waals surface area (Å²) in [5.74, 6) is -1.95. The zero-order chi connectivity index (χ0) is 21.5. The molecule has 3 unspecified atom stereocenters. The number of hydrogen-bond acceptors (Lipinski definition) is 3. The van der Waals surface area contributed by atoms with E-state index >= 15 is 0 Å². The molecule has 0 aromatic carbocycles. The van der Waals surface area contributed by atoms with Crippen molar-refractivity contribution in [3.63, 3.8) is 0 Å². The predicted molar refractivity (Wildman–Crippen MR) is 119 cm³/mol. The minimum atomic E-state index is -0.897. The first kappa shape index (κ1) is 25.7. The fourth-order valence-electron chi connectivity index (χ4n) is 4.21. The minimum Gasteiger partial charge on any atom is -0.481 e. The number of unbranched alkanes of at least 4 members (excludes halogenated alkanes) is 9. The highest BCUT2D eigenvalue weighted by molar-refractivity contribution is 5.81. The molecule has 4 heteroatoms. The topological polar surface area (TPSA) is 63.6 Å². The lowest BCUT2D eigenvalue weighted by molar-refractivity contribution is -0.162. The van der Waals surface area contributed by atoms with Gasteiger partial charge in [0.1, 0.15) is 6.10 Å². The molecule has 29 heavy (non-hydrogen) atoms. The van der Waals surface area contributed by atoms with E-state index in [1.807, 2.05) is 12.2 Å². The van der Waals surface area contributed by atoms with Crippen LogP contribution in [0.1, 0.15) is 111 Å². The fourth-order valence-corrected chi connectivity index (χ4v) is 4.21. The molecule has 0 aromatic rings. The first-order chi connectivity index (χ1) is 14.0. The molecule has 4 nitrogen and oxygen atoms in total. The molecular formula is C25H44O4. The molecule has 0 bridgehead atoms. The van der Waals surface area contributed by atoms with Gasteiger partial charge in [0.05, 0.1) is 11.8 Å². The maximum absolute atomic E-state index is 12.7. The summed E-state index contributed by atoms with van der Waals surface area (Å²) < 4.78 is 5.83. The molecule has 0 amide bonds. The Hall–Kier alpha value is -1.32. The Kier molecular flexibility index (Phi) is 13.8. The molecule has 0 saturated heterocycles. The summed E-state index contributed by atoms with van der Waals surface area (Å²) in [7, 11) is 0. The molecule has 0 heterocycles. The molecule has 1 N–H and O–H groups in total. The second kappa shape index (κ2) is 15.5. The SMILES string of the molecule is CCCCCCCCCCCCC(CC(C)C)OC(=O)C1CC=CCC1C(=O)O. The van der Waals surface area contributed by atoms with Gasteiger partial charge in [-0.25, -0.2) is 0 Å². The lowest BCUT2D eigenvalue weighted by Crippen LogP contribution is -2.34. The van der Waals surface area contributed by atoms with Gasteiger partial charge in [0, 0.05) is 0 Å². The van der Waals surface area contributed by atoms with Crippen molar-refractivity contribution in [2.24, 2.45) is 17.8 Å². The number of carboxylic acids is 1. The Morgan fingerprint density at radius 3 is 1.93 bits per heavy atom. The molecule has 0 radical (unpaired) electrons. The van der Waals surface area contributed by atoms with Crippen molar-refractivity contribution in [2.75, 3.05) is 0 Å². The van der Waals surface area contributed by atoms with Gasteiger partial charge in [-0.2, -0.15) is 0 Å². The van der Waals surface area contributed by atoms with Gasteiger partial charge < -0.3 is 9.84 Å². The van der Waals surface area contributed by atoms with Gasteiger partial charge in [0.15, 0.2) is 0 Å². The molecule has 1 rings (SSSR count). The van der Waals surface area contributed by atoms with Gasteiger partial charge in [0.25, 0.3) is 0 Å². The lowest BCUT2D eigenvalue weighted by atomic mass is 9.83. The van der Waals surface area contributed by atoms with Crippen molar-refractivity contribution in [3.8, 4) is 0 Å². The average molecular weight is 409 g/mol. The van der Waals surface area contributed by atoms with E-state index in [4.69, 9.17) is 4.74 Å². The van der Waals surface area contributed by atoms with Crippen molar-refractivity contribution in [1.29, 1.82) is 0 Å². The number of aliphatic carboxylic acids is 1. The van der Waals surface area contributed by atoms with Gasteiger partial charge >= 0.3 is 11.9 Å².